The van der Waals surface area contributed by atoms with Crippen molar-refractivity contribution >= 4 is 35.4 Å². The van der Waals surface area contributed by atoms with Crippen molar-refractivity contribution in [2.45, 2.75) is 56.4 Å². The number of carbonyl (C=O) groups excluding carboxylic acids is 3. The molecule has 9 nitrogen and oxygen atoms in total. The first-order valence-electron chi connectivity index (χ1n) is 8.13. The number of nitro groups is 1. The van der Waals surface area contributed by atoms with Crippen molar-refractivity contribution in [2.24, 2.45) is 0 Å². The Morgan fingerprint density at radius 2 is 1.70 bits per heavy atom. The number of carbonyl (C=O) groups is 3. The first-order valence-corrected chi connectivity index (χ1v) is 9.01. The summed E-state index contributed by atoms with van der Waals surface area (Å²) >= 11 is 1.14. The third-order valence-electron chi connectivity index (χ3n) is 3.08. The van der Waals surface area contributed by atoms with Crippen molar-refractivity contribution in [3.8, 4) is 0 Å². The van der Waals surface area contributed by atoms with Gasteiger partial charge in [0.1, 0.15) is 5.25 Å². The van der Waals surface area contributed by atoms with E-state index in [1.165, 1.54) is 31.2 Å². The lowest BCUT2D eigenvalue weighted by Crippen LogP contribution is -2.50. The van der Waals surface area contributed by atoms with E-state index in [1.54, 1.807) is 27.7 Å². The van der Waals surface area contributed by atoms with Gasteiger partial charge < -0.3 is 10.1 Å². The highest BCUT2D eigenvalue weighted by atomic mass is 32.2. The van der Waals surface area contributed by atoms with Crippen molar-refractivity contribution < 1.29 is 24.0 Å². The minimum atomic E-state index is -1.15. The fraction of sp³-hybridized carbons (Fsp3) is 0.471. The first-order chi connectivity index (χ1) is 12.4. The van der Waals surface area contributed by atoms with Crippen LogP contribution in [0, 0.1) is 10.1 Å². The van der Waals surface area contributed by atoms with Crippen LogP contribution in [0.25, 0.3) is 0 Å². The highest BCUT2D eigenvalue weighted by Gasteiger charge is 2.25. The van der Waals surface area contributed by atoms with Gasteiger partial charge in [0, 0.05) is 22.6 Å². The number of hydrogen-bond donors (Lipinski definition) is 2. The molecule has 0 aliphatic rings. The number of nitrogens with one attached hydrogen (secondary N) is 2. The lowest BCUT2D eigenvalue weighted by Gasteiger charge is -2.21. The number of hydrogen-bond acceptors (Lipinski definition) is 7. The third kappa shape index (κ3) is 8.07. The molecular weight excluding hydrogens is 374 g/mol. The standard InChI is InChI=1S/C17H23N3O6S/c1-10(14(21)18-16(23)19-17(3,4)5)26-15(22)11(2)27-13-8-6-12(7-9-13)20(24)25/h6-11H,1-5H3,(H2,18,19,21,23)/t10-,11+/m0/s1. The van der Waals surface area contributed by atoms with Crippen LogP contribution >= 0.6 is 11.8 Å². The number of benzene rings is 1. The zero-order chi connectivity index (χ0) is 20.8. The molecule has 3 amide bonds. The molecule has 1 aromatic rings. The van der Waals surface area contributed by atoms with E-state index in [0.717, 1.165) is 11.8 Å². The van der Waals surface area contributed by atoms with E-state index in [0.29, 0.717) is 4.90 Å². The van der Waals surface area contributed by atoms with Gasteiger partial charge in [-0.3, -0.25) is 25.0 Å². The molecule has 148 valence electrons. The highest BCUT2D eigenvalue weighted by molar-refractivity contribution is 8.00. The molecule has 0 unspecified atom stereocenters. The van der Waals surface area contributed by atoms with E-state index in [-0.39, 0.29) is 5.69 Å². The van der Waals surface area contributed by atoms with Crippen LogP contribution < -0.4 is 10.6 Å². The van der Waals surface area contributed by atoms with Gasteiger partial charge in [0.05, 0.1) is 4.92 Å². The van der Waals surface area contributed by atoms with E-state index >= 15 is 0 Å². The number of amides is 3. The molecule has 0 saturated heterocycles. The molecule has 0 fully saturated rings. The summed E-state index contributed by atoms with van der Waals surface area (Å²) in [7, 11) is 0. The van der Waals surface area contributed by atoms with Crippen molar-refractivity contribution in [2.75, 3.05) is 0 Å². The van der Waals surface area contributed by atoms with E-state index in [2.05, 4.69) is 10.6 Å². The average molecular weight is 397 g/mol. The summed E-state index contributed by atoms with van der Waals surface area (Å²) < 4.78 is 5.08. The maximum absolute atomic E-state index is 12.1. The smallest absolute Gasteiger partial charge is 0.321 e. The predicted molar refractivity (Wildman–Crippen MR) is 100 cm³/mol. The second-order valence-electron chi connectivity index (χ2n) is 6.78. The fourth-order valence-corrected chi connectivity index (χ4v) is 2.66. The number of thioether (sulfide) groups is 1. The van der Waals surface area contributed by atoms with Crippen LogP contribution in [-0.4, -0.2) is 39.7 Å². The Kier molecular flexibility index (Phi) is 7.77. The van der Waals surface area contributed by atoms with Gasteiger partial charge in [-0.05, 0) is 46.8 Å². The minimum absolute atomic E-state index is 0.0478. The molecule has 0 aliphatic carbocycles. The second kappa shape index (κ2) is 9.36. The molecule has 0 aromatic heterocycles. The number of non-ortho nitro benzene ring substituents is 1. The molecule has 0 heterocycles. The number of nitro benzene ring substituents is 1. The van der Waals surface area contributed by atoms with E-state index in [1.807, 2.05) is 0 Å². The van der Waals surface area contributed by atoms with Gasteiger partial charge in [-0.25, -0.2) is 4.79 Å². The molecule has 1 aromatic carbocycles. The molecule has 10 heteroatoms. The SMILES string of the molecule is C[C@H](OC(=O)[C@@H](C)Sc1ccc([N+](=O)[O-])cc1)C(=O)NC(=O)NC(C)(C)C. The molecule has 0 aliphatic heterocycles. The predicted octanol–water partition coefficient (Wildman–Crippen LogP) is 2.63. The number of imide groups is 1. The van der Waals surface area contributed by atoms with Crippen LogP contribution in [0.2, 0.25) is 0 Å². The number of rotatable bonds is 6. The van der Waals surface area contributed by atoms with Crippen LogP contribution in [0.3, 0.4) is 0 Å². The lowest BCUT2D eigenvalue weighted by atomic mass is 10.1. The number of nitrogens with zero attached hydrogens (tertiary/aromatic N) is 1. The largest absolute Gasteiger partial charge is 0.452 e. The van der Waals surface area contributed by atoms with E-state index < -0.39 is 39.7 Å². The zero-order valence-electron chi connectivity index (χ0n) is 15.8. The average Bonchev–Trinajstić information content (AvgIpc) is 2.53. The van der Waals surface area contributed by atoms with Gasteiger partial charge in [-0.15, -0.1) is 11.8 Å². The Labute approximate surface area is 161 Å². The highest BCUT2D eigenvalue weighted by Crippen LogP contribution is 2.26. The van der Waals surface area contributed by atoms with Crippen molar-refractivity contribution in [1.29, 1.82) is 0 Å². The zero-order valence-corrected chi connectivity index (χ0v) is 16.6. The molecule has 0 radical (unpaired) electrons. The second-order valence-corrected chi connectivity index (χ2v) is 8.20. The quantitative estimate of drug-likeness (QED) is 0.327. The van der Waals surface area contributed by atoms with Crippen molar-refractivity contribution in [3.05, 3.63) is 34.4 Å². The van der Waals surface area contributed by atoms with Crippen LogP contribution in [0.1, 0.15) is 34.6 Å². The molecule has 0 saturated carbocycles. The van der Waals surface area contributed by atoms with Gasteiger partial charge >= 0.3 is 12.0 Å². The number of esters is 1. The molecule has 0 bridgehead atoms. The van der Waals surface area contributed by atoms with Gasteiger partial charge in [-0.1, -0.05) is 0 Å². The molecular formula is C17H23N3O6S. The maximum atomic E-state index is 12.1. The summed E-state index contributed by atoms with van der Waals surface area (Å²) in [6, 6.07) is 5.05. The minimum Gasteiger partial charge on any atom is -0.452 e. The Hall–Kier alpha value is -2.62. The van der Waals surface area contributed by atoms with Gasteiger partial charge in [0.2, 0.25) is 0 Å². The van der Waals surface area contributed by atoms with Crippen LogP contribution in [0.5, 0.6) is 0 Å². The number of ether oxygens (including phenoxy) is 1. The topological polar surface area (TPSA) is 128 Å². The summed E-state index contributed by atoms with van der Waals surface area (Å²) in [6.07, 6.45) is -1.15. The first kappa shape index (κ1) is 22.4. The van der Waals surface area contributed by atoms with E-state index in [9.17, 15) is 24.5 Å². The van der Waals surface area contributed by atoms with Crippen molar-refractivity contribution in [3.63, 3.8) is 0 Å². The van der Waals surface area contributed by atoms with Crippen LogP contribution in [-0.2, 0) is 14.3 Å². The summed E-state index contributed by atoms with van der Waals surface area (Å²) in [5, 5.41) is 14.7. The Morgan fingerprint density at radius 1 is 1.15 bits per heavy atom. The van der Waals surface area contributed by atoms with Gasteiger partial charge in [-0.2, -0.15) is 0 Å². The van der Waals surface area contributed by atoms with Gasteiger partial charge in [0.25, 0.3) is 11.6 Å². The molecule has 27 heavy (non-hydrogen) atoms. The molecule has 2 N–H and O–H groups in total. The van der Waals surface area contributed by atoms with E-state index in [4.69, 9.17) is 4.74 Å². The maximum Gasteiger partial charge on any atom is 0.321 e. The normalized spacial score (nSPS) is 13.2. The Morgan fingerprint density at radius 3 is 2.19 bits per heavy atom. The fourth-order valence-electron chi connectivity index (χ4n) is 1.81. The Bertz CT molecular complexity index is 714. The summed E-state index contributed by atoms with van der Waals surface area (Å²) in [6.45, 7) is 8.24. The molecule has 0 spiro atoms. The van der Waals surface area contributed by atoms with Gasteiger partial charge in [0.15, 0.2) is 6.10 Å². The van der Waals surface area contributed by atoms with Crippen molar-refractivity contribution in [1.82, 2.24) is 10.6 Å². The molecule has 1 rings (SSSR count). The third-order valence-corrected chi connectivity index (χ3v) is 4.17. The summed E-state index contributed by atoms with van der Waals surface area (Å²) in [4.78, 5) is 46.5. The number of urea groups is 1. The molecule has 2 atom stereocenters. The monoisotopic (exact) mass is 397 g/mol. The Balaban J connectivity index is 2.54. The van der Waals surface area contributed by atoms with Crippen LogP contribution in [0.4, 0.5) is 10.5 Å². The lowest BCUT2D eigenvalue weighted by molar-refractivity contribution is -0.384. The summed E-state index contributed by atoms with van der Waals surface area (Å²) in [5.74, 6) is -1.38. The van der Waals surface area contributed by atoms with Crippen LogP contribution in [0.15, 0.2) is 29.2 Å². The summed E-state index contributed by atoms with van der Waals surface area (Å²) in [5.41, 5.74) is -0.561.